The molecule has 3 aromatic rings. The van der Waals surface area contributed by atoms with Crippen LogP contribution in [-0.2, 0) is 23.5 Å². The van der Waals surface area contributed by atoms with Gasteiger partial charge in [0.25, 0.3) is 5.56 Å². The van der Waals surface area contributed by atoms with Gasteiger partial charge in [0.15, 0.2) is 5.52 Å². The summed E-state index contributed by atoms with van der Waals surface area (Å²) in [4.78, 5) is 20.9. The molecule has 11 heteroatoms. The molecule has 10 nitrogen and oxygen atoms in total. The number of likely N-dealkylation sites (tertiary alicyclic amines) is 1. The molecular formula is C25H36N6O4S. The minimum Gasteiger partial charge on any atom is -0.493 e. The molecule has 1 aliphatic heterocycles. The monoisotopic (exact) mass is 525 g/mol. The molecular weight excluding hydrogens is 480 g/mol. The van der Waals surface area contributed by atoms with Gasteiger partial charge in [0.05, 0.1) is 22.8 Å². The van der Waals surface area contributed by atoms with Crippen molar-refractivity contribution in [1.82, 2.24) is 29.4 Å². The van der Waals surface area contributed by atoms with Gasteiger partial charge in [-0.2, -0.15) is 5.10 Å². The van der Waals surface area contributed by atoms with Crippen LogP contribution >= 0.6 is 0 Å². The van der Waals surface area contributed by atoms with Gasteiger partial charge in [-0.15, -0.1) is 0 Å². The fourth-order valence-corrected chi connectivity index (χ4v) is 4.96. The summed E-state index contributed by atoms with van der Waals surface area (Å²) in [5.41, 5.74) is -0.0199. The molecule has 0 spiro atoms. The Morgan fingerprint density at radius 1 is 1.36 bits per heavy atom. The third kappa shape index (κ3) is 5.47. The Bertz CT molecular complexity index is 1710. The summed E-state index contributed by atoms with van der Waals surface area (Å²) in [6.07, 6.45) is -1.63. The first-order valence-electron chi connectivity index (χ1n) is 16.3. The lowest BCUT2D eigenvalue weighted by Gasteiger charge is -2.19. The van der Waals surface area contributed by atoms with E-state index >= 15 is 0 Å². The van der Waals surface area contributed by atoms with Crippen molar-refractivity contribution in [3.63, 3.8) is 0 Å². The van der Waals surface area contributed by atoms with Gasteiger partial charge in [-0.3, -0.25) is 9.48 Å². The molecule has 0 aliphatic carbocycles. The van der Waals surface area contributed by atoms with Gasteiger partial charge in [-0.1, -0.05) is 20.2 Å². The third-order valence-electron chi connectivity index (χ3n) is 5.85. The van der Waals surface area contributed by atoms with E-state index in [1.54, 1.807) is 0 Å². The van der Waals surface area contributed by atoms with E-state index in [0.717, 1.165) is 4.90 Å². The van der Waals surface area contributed by atoms with Crippen molar-refractivity contribution in [3.8, 4) is 17.1 Å². The molecule has 2 aromatic heterocycles. The summed E-state index contributed by atoms with van der Waals surface area (Å²) < 4.78 is 107. The maximum absolute atomic E-state index is 13.5. The molecule has 1 saturated heterocycles. The molecule has 1 aliphatic rings. The molecule has 1 aromatic carbocycles. The highest BCUT2D eigenvalue weighted by atomic mass is 32.2. The zero-order valence-corrected chi connectivity index (χ0v) is 21.0. The number of hydrogen-bond donors (Lipinski definition) is 2. The lowest BCUT2D eigenvalue weighted by Crippen LogP contribution is -2.31. The van der Waals surface area contributed by atoms with Crippen LogP contribution in [0.2, 0.25) is 0 Å². The van der Waals surface area contributed by atoms with Crippen molar-refractivity contribution in [2.24, 2.45) is 7.05 Å². The summed E-state index contributed by atoms with van der Waals surface area (Å²) in [5.74, 6) is 0.110. The summed E-state index contributed by atoms with van der Waals surface area (Å²) >= 11 is 0. The molecule has 36 heavy (non-hydrogen) atoms. The van der Waals surface area contributed by atoms with Gasteiger partial charge < -0.3 is 14.6 Å². The van der Waals surface area contributed by atoms with E-state index in [-0.39, 0.29) is 71.2 Å². The molecule has 2 unspecified atom stereocenters. The zero-order chi connectivity index (χ0) is 33.5. The minimum absolute atomic E-state index is 0.00828. The Hall–Kier alpha value is -2.76. The van der Waals surface area contributed by atoms with Crippen molar-refractivity contribution in [3.05, 3.63) is 34.2 Å². The molecule has 0 amide bonds. The van der Waals surface area contributed by atoms with E-state index < -0.39 is 48.3 Å². The maximum atomic E-state index is 13.5. The van der Waals surface area contributed by atoms with Crippen molar-refractivity contribution >= 4 is 21.1 Å². The van der Waals surface area contributed by atoms with Crippen molar-refractivity contribution in [2.75, 3.05) is 26.6 Å². The number of H-pyrrole nitrogens is 1. The summed E-state index contributed by atoms with van der Waals surface area (Å²) in [7, 11) is -3.05. The van der Waals surface area contributed by atoms with E-state index in [0.29, 0.717) is 12.8 Å². The van der Waals surface area contributed by atoms with E-state index in [1.165, 1.54) is 29.9 Å². The quantitative estimate of drug-likeness (QED) is 0.395. The number of aromatic amines is 1. The van der Waals surface area contributed by atoms with Gasteiger partial charge in [0.2, 0.25) is 10.0 Å². The average Bonchev–Trinajstić information content (AvgIpc) is 3.56. The van der Waals surface area contributed by atoms with Crippen LogP contribution in [0.25, 0.3) is 22.4 Å². The van der Waals surface area contributed by atoms with Crippen LogP contribution in [0.1, 0.15) is 63.9 Å². The van der Waals surface area contributed by atoms with Crippen LogP contribution in [0.4, 0.5) is 0 Å². The van der Waals surface area contributed by atoms with Crippen LogP contribution < -0.4 is 15.0 Å². The highest BCUT2D eigenvalue weighted by Crippen LogP contribution is 2.31. The lowest BCUT2D eigenvalue weighted by molar-refractivity contribution is 0.297. The second-order valence-electron chi connectivity index (χ2n) is 8.47. The number of ether oxygens (including phenoxy) is 1. The topological polar surface area (TPSA) is 122 Å². The van der Waals surface area contributed by atoms with Gasteiger partial charge in [-0.25, -0.2) is 18.1 Å². The van der Waals surface area contributed by atoms with E-state index in [1.807, 2.05) is 11.6 Å². The first-order chi connectivity index (χ1) is 20.8. The predicted octanol–water partition coefficient (Wildman–Crippen LogP) is 2.83. The van der Waals surface area contributed by atoms with Crippen LogP contribution in [-0.4, -0.2) is 65.8 Å². The number of nitrogens with zero attached hydrogens (tertiary/aromatic N) is 4. The molecule has 2 N–H and O–H groups in total. The molecule has 0 bridgehead atoms. The molecule has 1 fully saturated rings. The number of sulfonamides is 1. The van der Waals surface area contributed by atoms with Gasteiger partial charge in [-0.05, 0) is 63.8 Å². The van der Waals surface area contributed by atoms with Crippen LogP contribution in [0, 0.1) is 0 Å². The Labute approximate surface area is 224 Å². The molecule has 4 rings (SSSR count). The van der Waals surface area contributed by atoms with Crippen LogP contribution in [0.15, 0.2) is 27.9 Å². The van der Waals surface area contributed by atoms with Crippen molar-refractivity contribution in [1.29, 1.82) is 0 Å². The largest absolute Gasteiger partial charge is 0.493 e. The second kappa shape index (κ2) is 11.1. The average molecular weight is 526 g/mol. The Morgan fingerprint density at radius 3 is 3.00 bits per heavy atom. The molecule has 2 atom stereocenters. The Balaban J connectivity index is 1.74. The summed E-state index contributed by atoms with van der Waals surface area (Å²) in [6, 6.07) is 2.51. The van der Waals surface area contributed by atoms with Gasteiger partial charge >= 0.3 is 0 Å². The third-order valence-corrected chi connectivity index (χ3v) is 7.15. The number of aryl methyl sites for hydroxylation is 2. The molecule has 3 heterocycles. The van der Waals surface area contributed by atoms with E-state index in [9.17, 15) is 13.2 Å². The Morgan fingerprint density at radius 2 is 2.22 bits per heavy atom. The van der Waals surface area contributed by atoms with Crippen molar-refractivity contribution in [2.45, 2.75) is 63.2 Å². The standard InChI is InChI=1S/C25H36N6O4S/c1-5-8-20-22-23(31(4)29-20)25(32)28-24(27-22)19-16-18(10-11-21(19)35-15-6-2)36(33,34)26-13-12-17-9-7-14-30(17)3/h10-11,16-17,26H,5-9,12-15H2,1-4H3,(H,27,28,32)/i1D3,3D3,12D2,13D. The van der Waals surface area contributed by atoms with Gasteiger partial charge in [0, 0.05) is 31.9 Å². The Kier molecular flexibility index (Phi) is 5.21. The molecule has 0 saturated carbocycles. The van der Waals surface area contributed by atoms with E-state index in [2.05, 4.69) is 15.1 Å². The first-order valence-corrected chi connectivity index (χ1v) is 13.2. The number of hydrogen-bond acceptors (Lipinski definition) is 7. The number of nitrogens with one attached hydrogen (secondary N) is 2. The molecule has 196 valence electrons. The number of fused-ring (bicyclic) bond motifs is 1. The lowest BCUT2D eigenvalue weighted by atomic mass is 10.1. The minimum atomic E-state index is -4.57. The molecule has 0 radical (unpaired) electrons. The highest BCUT2D eigenvalue weighted by Gasteiger charge is 2.23. The predicted molar refractivity (Wildman–Crippen MR) is 140 cm³/mol. The smallest absolute Gasteiger partial charge is 0.277 e. The second-order valence-corrected chi connectivity index (χ2v) is 10.2. The fourth-order valence-electron chi connectivity index (χ4n) is 4.08. The number of aromatic nitrogens is 4. The van der Waals surface area contributed by atoms with Crippen molar-refractivity contribution < 1.29 is 25.5 Å². The first kappa shape index (κ1) is 16.9. The summed E-state index contributed by atoms with van der Waals surface area (Å²) in [6.45, 7) is -4.70. The fraction of sp³-hybridized carbons (Fsp3) is 0.560. The number of rotatable bonds is 11. The van der Waals surface area contributed by atoms with E-state index in [4.69, 9.17) is 17.1 Å². The normalized spacial score (nSPS) is 22.4. The van der Waals surface area contributed by atoms with Crippen LogP contribution in [0.5, 0.6) is 5.75 Å². The zero-order valence-electron chi connectivity index (χ0n) is 29.2. The van der Waals surface area contributed by atoms with Crippen LogP contribution in [0.3, 0.4) is 0 Å². The number of benzene rings is 1. The summed E-state index contributed by atoms with van der Waals surface area (Å²) in [5, 5.41) is 4.28. The highest BCUT2D eigenvalue weighted by molar-refractivity contribution is 7.89. The SMILES string of the molecule is [2H]C(NS(=O)(=O)c1ccc(OCCC)c(-c2nc3c(CCC([2H])([2H])[2H])nn(C)c3c(=O)[nH]2)c1)C([2H])([2H])C1CCCN1C([2H])([2H])[2H]. The van der Waals surface area contributed by atoms with Gasteiger partial charge in [0.1, 0.15) is 17.1 Å². The maximum Gasteiger partial charge on any atom is 0.277 e.